The highest BCUT2D eigenvalue weighted by Gasteiger charge is 2.56. The fourth-order valence-electron chi connectivity index (χ4n) is 5.31. The number of aryl methyl sites for hydroxylation is 2. The summed E-state index contributed by atoms with van der Waals surface area (Å²) in [5, 5.41) is 0. The first-order valence-corrected chi connectivity index (χ1v) is 10.4. The predicted molar refractivity (Wildman–Crippen MR) is 104 cm³/mol. The third-order valence-corrected chi connectivity index (χ3v) is 6.69. The van der Waals surface area contributed by atoms with Crippen LogP contribution in [0.15, 0.2) is 42.7 Å². The molecule has 1 aromatic carbocycles. The molecular formula is C22H26N4O2. The third-order valence-electron chi connectivity index (χ3n) is 6.69. The summed E-state index contributed by atoms with van der Waals surface area (Å²) < 4.78 is 2.07. The lowest BCUT2D eigenvalue weighted by Gasteiger charge is -2.18. The van der Waals surface area contributed by atoms with Crippen LogP contribution < -0.4 is 0 Å². The van der Waals surface area contributed by atoms with Crippen LogP contribution in [0.3, 0.4) is 0 Å². The number of hydrogen-bond donors (Lipinski definition) is 0. The van der Waals surface area contributed by atoms with Crippen LogP contribution in [0.5, 0.6) is 0 Å². The van der Waals surface area contributed by atoms with E-state index in [4.69, 9.17) is 0 Å². The minimum Gasteiger partial charge on any atom is -0.333 e. The van der Waals surface area contributed by atoms with E-state index in [0.717, 1.165) is 44.6 Å². The van der Waals surface area contributed by atoms with Crippen LogP contribution in [0.1, 0.15) is 37.1 Å². The fraction of sp³-hybridized carbons (Fsp3) is 0.500. The highest BCUT2D eigenvalue weighted by atomic mass is 16.2. The Balaban J connectivity index is 1.24. The van der Waals surface area contributed by atoms with Crippen LogP contribution in [0, 0.1) is 11.8 Å². The molecule has 0 N–H and O–H groups in total. The van der Waals surface area contributed by atoms with Crippen LogP contribution in [0.2, 0.25) is 0 Å². The van der Waals surface area contributed by atoms with Gasteiger partial charge in [0.2, 0.25) is 0 Å². The Bertz CT molecular complexity index is 878. The lowest BCUT2D eigenvalue weighted by atomic mass is 9.93. The monoisotopic (exact) mass is 378 g/mol. The van der Waals surface area contributed by atoms with E-state index in [9.17, 15) is 9.59 Å². The zero-order valence-electron chi connectivity index (χ0n) is 16.0. The summed E-state index contributed by atoms with van der Waals surface area (Å²) in [4.78, 5) is 33.5. The molecule has 5 rings (SSSR count). The van der Waals surface area contributed by atoms with Crippen molar-refractivity contribution in [3.05, 3.63) is 54.1 Å². The average Bonchev–Trinajstić information content (AvgIpc) is 3.44. The molecule has 3 unspecified atom stereocenters. The van der Waals surface area contributed by atoms with Crippen molar-refractivity contribution < 1.29 is 9.59 Å². The van der Waals surface area contributed by atoms with Gasteiger partial charge >= 0.3 is 6.03 Å². The van der Waals surface area contributed by atoms with Gasteiger partial charge < -0.3 is 9.47 Å². The number of imide groups is 1. The van der Waals surface area contributed by atoms with E-state index >= 15 is 0 Å². The lowest BCUT2D eigenvalue weighted by Crippen LogP contribution is -2.35. The van der Waals surface area contributed by atoms with Gasteiger partial charge in [-0.3, -0.25) is 9.69 Å². The largest absolute Gasteiger partial charge is 0.333 e. The SMILES string of the molecule is O=C1C2C3CCCC3CN2C(=O)N1Cc1nccn1CCCc1ccccc1. The first-order chi connectivity index (χ1) is 13.7. The summed E-state index contributed by atoms with van der Waals surface area (Å²) in [6.07, 6.45) is 9.12. The second-order valence-electron chi connectivity index (χ2n) is 8.29. The van der Waals surface area contributed by atoms with Crippen LogP contribution in [-0.2, 0) is 24.3 Å². The average molecular weight is 378 g/mol. The Morgan fingerprint density at radius 3 is 2.82 bits per heavy atom. The van der Waals surface area contributed by atoms with E-state index in [1.165, 1.54) is 16.9 Å². The molecule has 3 atom stereocenters. The van der Waals surface area contributed by atoms with E-state index in [-0.39, 0.29) is 24.5 Å². The Kier molecular flexibility index (Phi) is 4.41. The second-order valence-corrected chi connectivity index (χ2v) is 8.29. The first kappa shape index (κ1) is 17.5. The topological polar surface area (TPSA) is 58.4 Å². The summed E-state index contributed by atoms with van der Waals surface area (Å²) in [5.74, 6) is 1.67. The van der Waals surface area contributed by atoms with Crippen molar-refractivity contribution in [2.24, 2.45) is 11.8 Å². The second kappa shape index (κ2) is 7.08. The number of nitrogens with zero attached hydrogens (tertiary/aromatic N) is 4. The molecule has 3 aliphatic rings. The number of imidazole rings is 1. The molecule has 3 amide bonds. The molecule has 0 spiro atoms. The number of amides is 3. The van der Waals surface area contributed by atoms with Gasteiger partial charge in [-0.1, -0.05) is 36.8 Å². The number of benzene rings is 1. The minimum absolute atomic E-state index is 0.0155. The van der Waals surface area contributed by atoms with E-state index in [1.807, 2.05) is 17.2 Å². The number of hydrogen-bond acceptors (Lipinski definition) is 3. The molecule has 1 saturated carbocycles. The van der Waals surface area contributed by atoms with Gasteiger partial charge in [0.15, 0.2) is 0 Å². The minimum atomic E-state index is -0.221. The number of rotatable bonds is 6. The summed E-state index contributed by atoms with van der Waals surface area (Å²) in [7, 11) is 0. The van der Waals surface area contributed by atoms with Crippen LogP contribution in [0.4, 0.5) is 4.79 Å². The Labute approximate surface area is 165 Å². The summed E-state index contributed by atoms with van der Waals surface area (Å²) in [5.41, 5.74) is 1.32. The zero-order chi connectivity index (χ0) is 19.1. The van der Waals surface area contributed by atoms with Gasteiger partial charge in [-0.05, 0) is 43.1 Å². The predicted octanol–water partition coefficient (Wildman–Crippen LogP) is 3.08. The third kappa shape index (κ3) is 2.91. The van der Waals surface area contributed by atoms with Crippen molar-refractivity contribution >= 4 is 11.9 Å². The Hall–Kier alpha value is -2.63. The molecule has 6 nitrogen and oxygen atoms in total. The van der Waals surface area contributed by atoms with Crippen molar-refractivity contribution in [2.75, 3.05) is 6.54 Å². The lowest BCUT2D eigenvalue weighted by molar-refractivity contribution is -0.129. The van der Waals surface area contributed by atoms with Gasteiger partial charge in [0.05, 0.1) is 6.54 Å². The number of carbonyl (C=O) groups excluding carboxylic acids is 2. The highest BCUT2D eigenvalue weighted by molar-refractivity contribution is 6.04. The molecule has 2 aromatic rings. The summed E-state index contributed by atoms with van der Waals surface area (Å²) in [6, 6.07) is 10.1. The van der Waals surface area contributed by atoms with Crippen molar-refractivity contribution in [3.8, 4) is 0 Å². The molecule has 3 heterocycles. The van der Waals surface area contributed by atoms with Crippen molar-refractivity contribution in [1.82, 2.24) is 19.4 Å². The molecule has 0 bridgehead atoms. The molecule has 146 valence electrons. The maximum Gasteiger partial charge on any atom is 0.327 e. The van der Waals surface area contributed by atoms with Gasteiger partial charge in [-0.25, -0.2) is 9.78 Å². The normalized spacial score (nSPS) is 26.2. The summed E-state index contributed by atoms with van der Waals surface area (Å²) >= 11 is 0. The Morgan fingerprint density at radius 2 is 1.96 bits per heavy atom. The molecule has 0 radical (unpaired) electrons. The fourth-order valence-corrected chi connectivity index (χ4v) is 5.31. The quantitative estimate of drug-likeness (QED) is 0.726. The van der Waals surface area contributed by atoms with Gasteiger partial charge in [0.1, 0.15) is 11.9 Å². The molecule has 28 heavy (non-hydrogen) atoms. The van der Waals surface area contributed by atoms with Crippen molar-refractivity contribution in [3.63, 3.8) is 0 Å². The molecule has 2 saturated heterocycles. The number of carbonyl (C=O) groups is 2. The van der Waals surface area contributed by atoms with Gasteiger partial charge in [0, 0.05) is 25.5 Å². The first-order valence-electron chi connectivity index (χ1n) is 10.4. The van der Waals surface area contributed by atoms with Crippen molar-refractivity contribution in [2.45, 2.75) is 51.2 Å². The molecule has 6 heteroatoms. The number of fused-ring (bicyclic) bond motifs is 3. The van der Waals surface area contributed by atoms with E-state index < -0.39 is 0 Å². The number of urea groups is 1. The molecule has 1 aromatic heterocycles. The Morgan fingerprint density at radius 1 is 1.11 bits per heavy atom. The maximum absolute atomic E-state index is 13.0. The van der Waals surface area contributed by atoms with Gasteiger partial charge in [-0.2, -0.15) is 0 Å². The molecular weight excluding hydrogens is 352 g/mol. The zero-order valence-corrected chi connectivity index (χ0v) is 16.0. The highest BCUT2D eigenvalue weighted by Crippen LogP contribution is 2.45. The van der Waals surface area contributed by atoms with Gasteiger partial charge in [-0.15, -0.1) is 0 Å². The smallest absolute Gasteiger partial charge is 0.327 e. The molecule has 1 aliphatic carbocycles. The number of aromatic nitrogens is 2. The molecule has 2 aliphatic heterocycles. The standard InChI is InChI=1S/C22H26N4O2/c27-21-20-18-10-4-9-17(18)14-25(20)22(28)26(21)15-19-23-11-13-24(19)12-5-8-16-6-2-1-3-7-16/h1-3,6-7,11,13,17-18,20H,4-5,8-10,12,14-15H2. The van der Waals surface area contributed by atoms with Crippen LogP contribution in [0.25, 0.3) is 0 Å². The van der Waals surface area contributed by atoms with E-state index in [1.54, 1.807) is 6.20 Å². The summed E-state index contributed by atoms with van der Waals surface area (Å²) in [6.45, 7) is 1.86. The van der Waals surface area contributed by atoms with Crippen molar-refractivity contribution in [1.29, 1.82) is 0 Å². The van der Waals surface area contributed by atoms with Crippen LogP contribution in [-0.4, -0.2) is 43.9 Å². The van der Waals surface area contributed by atoms with E-state index in [2.05, 4.69) is 33.8 Å². The maximum atomic E-state index is 13.0. The van der Waals surface area contributed by atoms with Gasteiger partial charge in [0.25, 0.3) is 5.91 Å². The van der Waals surface area contributed by atoms with E-state index in [0.29, 0.717) is 11.8 Å². The van der Waals surface area contributed by atoms with Crippen LogP contribution >= 0.6 is 0 Å². The molecule has 3 fully saturated rings.